The van der Waals surface area contributed by atoms with E-state index in [4.69, 9.17) is 4.52 Å². The molecule has 0 unspecified atom stereocenters. The van der Waals surface area contributed by atoms with Crippen molar-refractivity contribution in [3.63, 3.8) is 0 Å². The summed E-state index contributed by atoms with van der Waals surface area (Å²) in [5.41, 5.74) is -5.00. The quantitative estimate of drug-likeness (QED) is 0.241. The molecule has 0 atom stereocenters. The van der Waals surface area contributed by atoms with Gasteiger partial charge in [0.05, 0.1) is 16.7 Å². The molecule has 5 rings (SSSR count). The van der Waals surface area contributed by atoms with Crippen LogP contribution in [0.15, 0.2) is 58.0 Å². The van der Waals surface area contributed by atoms with E-state index in [1.165, 1.54) is 18.3 Å². The summed E-state index contributed by atoms with van der Waals surface area (Å²) < 4.78 is 113. The second-order valence-electron chi connectivity index (χ2n) is 8.08. The van der Waals surface area contributed by atoms with Crippen molar-refractivity contribution in [2.75, 3.05) is 0 Å². The average molecular weight is 542 g/mol. The van der Waals surface area contributed by atoms with Crippen molar-refractivity contribution < 1.29 is 44.3 Å². The summed E-state index contributed by atoms with van der Waals surface area (Å²) in [5, 5.41) is 5.95. The lowest BCUT2D eigenvalue weighted by Crippen LogP contribution is -2.42. The minimum Gasteiger partial charge on any atom is -0.354 e. The van der Waals surface area contributed by atoms with Crippen LogP contribution >= 0.6 is 0 Å². The molecular weight excluding hydrogens is 530 g/mol. The molecule has 3 aromatic heterocycles. The normalized spacial score (nSPS) is 12.4. The molecule has 38 heavy (non-hydrogen) atoms. The third-order valence-electron chi connectivity index (χ3n) is 5.50. The second kappa shape index (κ2) is 8.78. The van der Waals surface area contributed by atoms with E-state index in [1.807, 2.05) is 0 Å². The van der Waals surface area contributed by atoms with Crippen molar-refractivity contribution in [2.24, 2.45) is 0 Å². The van der Waals surface area contributed by atoms with E-state index in [0.29, 0.717) is 12.1 Å². The number of rotatable bonds is 4. The number of aromatic nitrogens is 5. The first-order valence-corrected chi connectivity index (χ1v) is 10.5. The molecule has 0 bridgehead atoms. The first-order valence-electron chi connectivity index (χ1n) is 10.5. The molecule has 0 spiro atoms. The van der Waals surface area contributed by atoms with Gasteiger partial charge in [-0.3, -0.25) is 4.79 Å². The van der Waals surface area contributed by atoms with Gasteiger partial charge in [0.2, 0.25) is 18.5 Å². The predicted octanol–water partition coefficient (Wildman–Crippen LogP) is 5.22. The maximum absolute atomic E-state index is 14.1. The topological polar surface area (TPSA) is 91.5 Å². The fraction of sp³-hybridized carbons (Fsp3) is 0.130. The monoisotopic (exact) mass is 542 g/mol. The molecule has 196 valence electrons. The van der Waals surface area contributed by atoms with E-state index in [2.05, 4.69) is 20.2 Å². The highest BCUT2D eigenvalue weighted by Gasteiger charge is 2.39. The molecule has 0 amide bonds. The zero-order valence-corrected chi connectivity index (χ0v) is 18.5. The van der Waals surface area contributed by atoms with Gasteiger partial charge in [0.15, 0.2) is 17.2 Å². The van der Waals surface area contributed by atoms with E-state index in [0.717, 1.165) is 16.8 Å². The first-order chi connectivity index (χ1) is 17.8. The number of fused-ring (bicyclic) bond motifs is 1. The first kappa shape index (κ1) is 25.1. The Morgan fingerprint density at radius 3 is 2.42 bits per heavy atom. The van der Waals surface area contributed by atoms with Crippen LogP contribution < -0.4 is 10.2 Å². The standard InChI is InChI=1S/C23H11F8N5O2/c24-15-3-1-2-13(18(15)25)20-32-17-9-36(34-21(37)19(17)33-20)8-11-7-16(35-38-11)12-5-4-10(22(26,27)28)6-14(12)23(29,30)31/h1-7,9H,8H2,(H,34,37)/p+1. The summed E-state index contributed by atoms with van der Waals surface area (Å²) in [7, 11) is 0. The molecule has 0 radical (unpaired) electrons. The lowest BCUT2D eigenvalue weighted by molar-refractivity contribution is -0.747. The molecule has 2 aromatic carbocycles. The van der Waals surface area contributed by atoms with Gasteiger partial charge < -0.3 is 9.51 Å². The van der Waals surface area contributed by atoms with Crippen LogP contribution in [0.3, 0.4) is 0 Å². The smallest absolute Gasteiger partial charge is 0.354 e. The molecule has 0 aliphatic heterocycles. The number of benzene rings is 2. The molecule has 0 fully saturated rings. The SMILES string of the molecule is O=c1[nH][n+](Cc2cc(-c3ccc(C(F)(F)F)cc3C(F)(F)F)no2)cc2[nH]c(-c3cccc(F)c3F)nc12. The number of hydrogen-bond acceptors (Lipinski definition) is 4. The Morgan fingerprint density at radius 1 is 0.947 bits per heavy atom. The Labute approximate surface area is 205 Å². The minimum absolute atomic E-state index is 0.0128. The Morgan fingerprint density at radius 2 is 1.71 bits per heavy atom. The van der Waals surface area contributed by atoms with Gasteiger partial charge in [-0.15, -0.1) is 9.78 Å². The zero-order valence-electron chi connectivity index (χ0n) is 18.5. The zero-order chi connectivity index (χ0) is 27.4. The summed E-state index contributed by atoms with van der Waals surface area (Å²) in [6.45, 7) is -0.261. The molecule has 0 saturated heterocycles. The maximum Gasteiger partial charge on any atom is 0.417 e. The van der Waals surface area contributed by atoms with E-state index in [1.54, 1.807) is 0 Å². The van der Waals surface area contributed by atoms with Crippen molar-refractivity contribution in [1.29, 1.82) is 0 Å². The molecule has 2 N–H and O–H groups in total. The molecule has 5 aromatic rings. The van der Waals surface area contributed by atoms with Gasteiger partial charge in [0, 0.05) is 11.6 Å². The second-order valence-corrected chi connectivity index (χ2v) is 8.08. The number of nitrogens with one attached hydrogen (secondary N) is 2. The molecule has 0 saturated carbocycles. The van der Waals surface area contributed by atoms with Crippen LogP contribution in [0.1, 0.15) is 16.9 Å². The lowest BCUT2D eigenvalue weighted by atomic mass is 10.0. The maximum atomic E-state index is 14.1. The molecule has 7 nitrogen and oxygen atoms in total. The van der Waals surface area contributed by atoms with Gasteiger partial charge in [-0.25, -0.2) is 13.8 Å². The van der Waals surface area contributed by atoms with E-state index in [9.17, 15) is 39.9 Å². The lowest BCUT2D eigenvalue weighted by Gasteiger charge is -2.14. The number of hydrogen-bond donors (Lipinski definition) is 2. The summed E-state index contributed by atoms with van der Waals surface area (Å²) in [5.74, 6) is -2.46. The fourth-order valence-electron chi connectivity index (χ4n) is 3.78. The number of aromatic amines is 2. The molecule has 15 heteroatoms. The number of alkyl halides is 6. The highest BCUT2D eigenvalue weighted by Crippen LogP contribution is 2.40. The van der Waals surface area contributed by atoms with Gasteiger partial charge >= 0.3 is 17.9 Å². The summed E-state index contributed by atoms with van der Waals surface area (Å²) >= 11 is 0. The van der Waals surface area contributed by atoms with Gasteiger partial charge in [0.1, 0.15) is 17.0 Å². The van der Waals surface area contributed by atoms with Crippen molar-refractivity contribution in [1.82, 2.24) is 20.2 Å². The van der Waals surface area contributed by atoms with E-state index in [-0.39, 0.29) is 46.5 Å². The molecule has 0 aliphatic rings. The van der Waals surface area contributed by atoms with Crippen LogP contribution in [-0.4, -0.2) is 20.2 Å². The van der Waals surface area contributed by atoms with Crippen LogP contribution in [0.5, 0.6) is 0 Å². The highest BCUT2D eigenvalue weighted by atomic mass is 19.4. The van der Waals surface area contributed by atoms with Crippen LogP contribution in [0.4, 0.5) is 35.1 Å². The van der Waals surface area contributed by atoms with E-state index < -0.39 is 46.2 Å². The number of imidazole rings is 1. The van der Waals surface area contributed by atoms with Gasteiger partial charge in [-0.2, -0.15) is 26.3 Å². The summed E-state index contributed by atoms with van der Waals surface area (Å²) in [6.07, 6.45) is -8.77. The molecule has 0 aliphatic carbocycles. The van der Waals surface area contributed by atoms with Gasteiger partial charge in [-0.1, -0.05) is 17.3 Å². The minimum atomic E-state index is -5.11. The predicted molar refractivity (Wildman–Crippen MR) is 113 cm³/mol. The Hall–Kier alpha value is -4.56. The van der Waals surface area contributed by atoms with Crippen molar-refractivity contribution >= 4 is 11.0 Å². The van der Waals surface area contributed by atoms with Crippen molar-refractivity contribution in [3.8, 4) is 22.6 Å². The van der Waals surface area contributed by atoms with E-state index >= 15 is 0 Å². The number of H-pyrrole nitrogens is 2. The third kappa shape index (κ3) is 4.62. The third-order valence-corrected chi connectivity index (χ3v) is 5.50. The largest absolute Gasteiger partial charge is 0.417 e. The van der Waals surface area contributed by atoms with Gasteiger partial charge in [-0.05, 0) is 24.3 Å². The Balaban J connectivity index is 1.48. The van der Waals surface area contributed by atoms with Crippen LogP contribution in [0.25, 0.3) is 33.7 Å². The summed E-state index contributed by atoms with van der Waals surface area (Å²) in [6, 6.07) is 5.63. The van der Waals surface area contributed by atoms with Crippen molar-refractivity contribution in [3.05, 3.63) is 87.5 Å². The van der Waals surface area contributed by atoms with Gasteiger partial charge in [0.25, 0.3) is 0 Å². The fourth-order valence-corrected chi connectivity index (χ4v) is 3.78. The highest BCUT2D eigenvalue weighted by molar-refractivity contribution is 5.77. The Kier molecular flexibility index (Phi) is 5.80. The molecular formula is C23H12F8N5O2+. The summed E-state index contributed by atoms with van der Waals surface area (Å²) in [4.78, 5) is 19.2. The number of nitrogens with zero attached hydrogens (tertiary/aromatic N) is 3. The number of halogens is 8. The van der Waals surface area contributed by atoms with Crippen LogP contribution in [0, 0.1) is 11.6 Å². The van der Waals surface area contributed by atoms with Crippen LogP contribution in [0.2, 0.25) is 0 Å². The Bertz CT molecular complexity index is 1730. The molecule has 3 heterocycles. The van der Waals surface area contributed by atoms with Crippen LogP contribution in [-0.2, 0) is 18.9 Å². The van der Waals surface area contributed by atoms with Crippen molar-refractivity contribution in [2.45, 2.75) is 18.9 Å². The average Bonchev–Trinajstić information content (AvgIpc) is 3.47.